The first-order valence-electron chi connectivity index (χ1n) is 9.60. The van der Waals surface area contributed by atoms with E-state index in [0.717, 1.165) is 28.3 Å². The molecule has 0 radical (unpaired) electrons. The average molecular weight is 426 g/mol. The Hall–Kier alpha value is -3.33. The first-order valence-corrected chi connectivity index (χ1v) is 10.4. The lowest BCUT2D eigenvalue weighted by atomic mass is 10.1. The Morgan fingerprint density at radius 2 is 2.10 bits per heavy atom. The van der Waals surface area contributed by atoms with Crippen molar-refractivity contribution in [3.8, 4) is 5.75 Å². The number of anilines is 1. The van der Waals surface area contributed by atoms with E-state index in [-0.39, 0.29) is 11.9 Å². The van der Waals surface area contributed by atoms with Crippen molar-refractivity contribution in [2.45, 2.75) is 19.4 Å². The highest BCUT2D eigenvalue weighted by atomic mass is 32.1. The van der Waals surface area contributed by atoms with Gasteiger partial charge >= 0.3 is 6.03 Å². The molecule has 1 aliphatic heterocycles. The zero-order valence-corrected chi connectivity index (χ0v) is 17.3. The number of urea groups is 1. The van der Waals surface area contributed by atoms with Gasteiger partial charge in [0.1, 0.15) is 12.0 Å². The van der Waals surface area contributed by atoms with E-state index in [2.05, 4.69) is 15.6 Å². The average Bonchev–Trinajstić information content (AvgIpc) is 3.43. The topological polar surface area (TPSA) is 96.7 Å². The summed E-state index contributed by atoms with van der Waals surface area (Å²) < 4.78 is 10.1. The van der Waals surface area contributed by atoms with Crippen LogP contribution in [0.15, 0.2) is 47.3 Å². The van der Waals surface area contributed by atoms with E-state index < -0.39 is 0 Å². The van der Waals surface area contributed by atoms with E-state index in [9.17, 15) is 9.59 Å². The lowest BCUT2D eigenvalue weighted by molar-refractivity contribution is 0.102. The number of hydrogen-bond donors (Lipinski definition) is 2. The lowest BCUT2D eigenvalue weighted by Gasteiger charge is -2.26. The van der Waals surface area contributed by atoms with Crippen molar-refractivity contribution in [2.24, 2.45) is 0 Å². The molecule has 3 aromatic rings. The number of nitrogens with zero attached hydrogens (tertiary/aromatic N) is 2. The molecule has 156 valence electrons. The SMILES string of the molecule is COc1ccc(CCNC(=O)N2CCc3nc(NC(=O)c4ccoc4)sc3C2)cc1. The fourth-order valence-corrected chi connectivity index (χ4v) is 4.22. The summed E-state index contributed by atoms with van der Waals surface area (Å²) in [5.74, 6) is 0.555. The van der Waals surface area contributed by atoms with Crippen LogP contribution >= 0.6 is 11.3 Å². The van der Waals surface area contributed by atoms with Crippen LogP contribution in [-0.4, -0.2) is 42.0 Å². The van der Waals surface area contributed by atoms with E-state index in [1.165, 1.54) is 23.9 Å². The molecule has 3 heterocycles. The van der Waals surface area contributed by atoms with Gasteiger partial charge in [0.2, 0.25) is 0 Å². The van der Waals surface area contributed by atoms with Gasteiger partial charge in [-0.3, -0.25) is 10.1 Å². The highest BCUT2D eigenvalue weighted by molar-refractivity contribution is 7.15. The second kappa shape index (κ2) is 9.00. The van der Waals surface area contributed by atoms with E-state index in [1.54, 1.807) is 18.1 Å². The summed E-state index contributed by atoms with van der Waals surface area (Å²) in [6, 6.07) is 9.32. The number of methoxy groups -OCH3 is 1. The monoisotopic (exact) mass is 426 g/mol. The van der Waals surface area contributed by atoms with E-state index in [4.69, 9.17) is 9.15 Å². The summed E-state index contributed by atoms with van der Waals surface area (Å²) in [6.45, 7) is 1.65. The first kappa shape index (κ1) is 20.0. The third kappa shape index (κ3) is 4.62. The molecule has 9 heteroatoms. The second-order valence-corrected chi connectivity index (χ2v) is 7.94. The van der Waals surface area contributed by atoms with Crippen LogP contribution in [0.3, 0.4) is 0 Å². The first-order chi connectivity index (χ1) is 14.6. The summed E-state index contributed by atoms with van der Waals surface area (Å²) in [4.78, 5) is 31.9. The lowest BCUT2D eigenvalue weighted by Crippen LogP contribution is -2.43. The Morgan fingerprint density at radius 3 is 2.83 bits per heavy atom. The predicted octanol–water partition coefficient (Wildman–Crippen LogP) is 3.31. The number of amides is 3. The molecule has 3 amide bonds. The van der Waals surface area contributed by atoms with Crippen molar-refractivity contribution in [3.05, 3.63) is 64.6 Å². The molecule has 2 N–H and O–H groups in total. The zero-order valence-electron chi connectivity index (χ0n) is 16.5. The maximum Gasteiger partial charge on any atom is 0.317 e. The van der Waals surface area contributed by atoms with Crippen molar-refractivity contribution in [1.82, 2.24) is 15.2 Å². The molecule has 0 spiro atoms. The molecule has 0 saturated heterocycles. The molecule has 30 heavy (non-hydrogen) atoms. The van der Waals surface area contributed by atoms with Gasteiger partial charge in [-0.2, -0.15) is 0 Å². The van der Waals surface area contributed by atoms with Crippen LogP contribution in [-0.2, 0) is 19.4 Å². The smallest absolute Gasteiger partial charge is 0.317 e. The van der Waals surface area contributed by atoms with Crippen molar-refractivity contribution in [3.63, 3.8) is 0 Å². The van der Waals surface area contributed by atoms with E-state index >= 15 is 0 Å². The molecule has 1 aliphatic rings. The summed E-state index contributed by atoms with van der Waals surface area (Å²) in [5.41, 5.74) is 2.52. The van der Waals surface area contributed by atoms with Crippen LogP contribution in [0.25, 0.3) is 0 Å². The van der Waals surface area contributed by atoms with Crippen LogP contribution in [0.2, 0.25) is 0 Å². The molecular formula is C21H22N4O4S. The number of benzene rings is 1. The zero-order chi connectivity index (χ0) is 20.9. The van der Waals surface area contributed by atoms with Gasteiger partial charge in [0.25, 0.3) is 5.91 Å². The molecule has 0 saturated carbocycles. The minimum Gasteiger partial charge on any atom is -0.497 e. The maximum absolute atomic E-state index is 12.5. The number of aromatic nitrogens is 1. The molecule has 0 aliphatic carbocycles. The molecule has 2 aromatic heterocycles. The fraction of sp³-hybridized carbons (Fsp3) is 0.286. The van der Waals surface area contributed by atoms with Gasteiger partial charge in [0.15, 0.2) is 5.13 Å². The summed E-state index contributed by atoms with van der Waals surface area (Å²) >= 11 is 1.40. The van der Waals surface area contributed by atoms with Gasteiger partial charge in [0, 0.05) is 24.4 Å². The maximum atomic E-state index is 12.5. The van der Waals surface area contributed by atoms with Crippen molar-refractivity contribution < 1.29 is 18.7 Å². The Bertz CT molecular complexity index is 1010. The van der Waals surface area contributed by atoms with Crippen LogP contribution in [0.4, 0.5) is 9.93 Å². The Kier molecular flexibility index (Phi) is 5.99. The van der Waals surface area contributed by atoms with Gasteiger partial charge in [-0.1, -0.05) is 23.5 Å². The number of nitrogens with one attached hydrogen (secondary N) is 2. The van der Waals surface area contributed by atoms with Gasteiger partial charge in [-0.25, -0.2) is 9.78 Å². The van der Waals surface area contributed by atoms with Gasteiger partial charge in [0.05, 0.1) is 31.2 Å². The van der Waals surface area contributed by atoms with Crippen LogP contribution in [0, 0.1) is 0 Å². The minimum atomic E-state index is -0.261. The quantitative estimate of drug-likeness (QED) is 0.630. The largest absolute Gasteiger partial charge is 0.497 e. The number of rotatable bonds is 6. The minimum absolute atomic E-state index is 0.0912. The number of carbonyl (C=O) groups is 2. The molecule has 8 nitrogen and oxygen atoms in total. The molecule has 0 unspecified atom stereocenters. The Morgan fingerprint density at radius 1 is 1.27 bits per heavy atom. The molecule has 0 bridgehead atoms. The highest BCUT2D eigenvalue weighted by Crippen LogP contribution is 2.28. The van der Waals surface area contributed by atoms with Crippen molar-refractivity contribution in [1.29, 1.82) is 0 Å². The van der Waals surface area contributed by atoms with Crippen molar-refractivity contribution in [2.75, 3.05) is 25.5 Å². The Balaban J connectivity index is 1.28. The normalized spacial score (nSPS) is 12.9. The number of ether oxygens (including phenoxy) is 1. The fourth-order valence-electron chi connectivity index (χ4n) is 3.20. The molecule has 4 rings (SSSR count). The summed E-state index contributed by atoms with van der Waals surface area (Å²) in [5, 5.41) is 6.30. The molecular weight excluding hydrogens is 404 g/mol. The van der Waals surface area contributed by atoms with E-state index in [0.29, 0.717) is 36.8 Å². The van der Waals surface area contributed by atoms with Gasteiger partial charge in [-0.15, -0.1) is 0 Å². The number of furan rings is 1. The Labute approximate surface area is 177 Å². The van der Waals surface area contributed by atoms with Crippen LogP contribution in [0.5, 0.6) is 5.75 Å². The third-order valence-electron chi connectivity index (χ3n) is 4.87. The summed E-state index contributed by atoms with van der Waals surface area (Å²) in [7, 11) is 1.64. The number of fused-ring (bicyclic) bond motifs is 1. The van der Waals surface area contributed by atoms with Crippen LogP contribution in [0.1, 0.15) is 26.5 Å². The second-order valence-electron chi connectivity index (χ2n) is 6.86. The van der Waals surface area contributed by atoms with E-state index in [1.807, 2.05) is 24.3 Å². The van der Waals surface area contributed by atoms with Crippen molar-refractivity contribution >= 4 is 28.4 Å². The molecule has 0 atom stereocenters. The number of carbonyl (C=O) groups excluding carboxylic acids is 2. The van der Waals surface area contributed by atoms with Gasteiger partial charge < -0.3 is 19.4 Å². The molecule has 0 fully saturated rings. The van der Waals surface area contributed by atoms with Crippen LogP contribution < -0.4 is 15.4 Å². The third-order valence-corrected chi connectivity index (χ3v) is 5.87. The molecule has 1 aromatic carbocycles. The highest BCUT2D eigenvalue weighted by Gasteiger charge is 2.24. The van der Waals surface area contributed by atoms with Gasteiger partial charge in [-0.05, 0) is 30.2 Å². The number of hydrogen-bond acceptors (Lipinski definition) is 6. The summed E-state index contributed by atoms with van der Waals surface area (Å²) in [6.07, 6.45) is 4.26. The number of thiazole rings is 1. The predicted molar refractivity (Wildman–Crippen MR) is 113 cm³/mol. The standard InChI is InChI=1S/C21H22N4O4S/c1-28-16-4-2-14(3-5-16)6-9-22-21(27)25-10-7-17-18(12-25)30-20(23-17)24-19(26)15-8-11-29-13-15/h2-5,8,11,13H,6-7,9-10,12H2,1H3,(H,22,27)(H,23,24,26).